The van der Waals surface area contributed by atoms with Crippen LogP contribution >= 0.6 is 7.82 Å². The average Bonchev–Trinajstić information content (AvgIpc) is 2.51. The zero-order valence-electron chi connectivity index (χ0n) is 16.9. The molecule has 2 atom stereocenters. The molecule has 11 heteroatoms. The molecule has 27 heavy (non-hydrogen) atoms. The standard InChI is InChI=1S/C16H33N2O8P/c1-15(2,3)8-10-17-12(19)7-9-18-14(21)13(20)16(4,5)11-25-27(22,23)26-24-6/h13,20H,7-11H2,1-6H3,(H,17,19)(H,18,21)(H,22,23)/t13-/m1/s1. The number of hydrogen-bond acceptors (Lipinski definition) is 7. The van der Waals surface area contributed by atoms with E-state index in [4.69, 9.17) is 0 Å². The lowest BCUT2D eigenvalue weighted by Gasteiger charge is -2.29. The first-order valence-corrected chi connectivity index (χ1v) is 10.1. The maximum Gasteiger partial charge on any atom is 0.499 e. The molecule has 0 saturated carbocycles. The number of carbonyl (C=O) groups excluding carboxylic acids is 2. The minimum atomic E-state index is -4.43. The summed E-state index contributed by atoms with van der Waals surface area (Å²) in [6.07, 6.45) is -0.615. The fourth-order valence-electron chi connectivity index (χ4n) is 1.86. The van der Waals surface area contributed by atoms with Crippen molar-refractivity contribution in [2.45, 2.75) is 53.6 Å². The molecule has 0 fully saturated rings. The number of phosphoric ester groups is 1. The van der Waals surface area contributed by atoms with E-state index in [1.54, 1.807) is 0 Å². The number of hydrogen-bond donors (Lipinski definition) is 4. The summed E-state index contributed by atoms with van der Waals surface area (Å²) >= 11 is 0. The molecule has 0 aliphatic carbocycles. The Bertz CT molecular complexity index is 533. The van der Waals surface area contributed by atoms with Crippen LogP contribution in [0.3, 0.4) is 0 Å². The van der Waals surface area contributed by atoms with E-state index in [2.05, 4.69) is 45.5 Å². The summed E-state index contributed by atoms with van der Waals surface area (Å²) in [5.74, 6) is -0.916. The molecule has 0 aromatic carbocycles. The van der Waals surface area contributed by atoms with Crippen LogP contribution in [-0.2, 0) is 28.2 Å². The number of nitrogens with one attached hydrogen (secondary N) is 2. The van der Waals surface area contributed by atoms with Crippen molar-refractivity contribution in [1.29, 1.82) is 0 Å². The molecule has 0 spiro atoms. The fraction of sp³-hybridized carbons (Fsp3) is 0.875. The minimum Gasteiger partial charge on any atom is -0.383 e. The SMILES string of the molecule is COOP(=O)(O)OCC(C)(C)[C@H](O)C(=O)NCCC(=O)NCCC(C)(C)C. The quantitative estimate of drug-likeness (QED) is 0.212. The third-order valence-electron chi connectivity index (χ3n) is 3.61. The average molecular weight is 412 g/mol. The van der Waals surface area contributed by atoms with Gasteiger partial charge in [0.1, 0.15) is 6.10 Å². The van der Waals surface area contributed by atoms with E-state index < -0.39 is 31.9 Å². The molecule has 0 saturated heterocycles. The molecule has 0 rings (SSSR count). The van der Waals surface area contributed by atoms with Crippen LogP contribution in [0.25, 0.3) is 0 Å². The molecule has 0 bridgehead atoms. The van der Waals surface area contributed by atoms with E-state index in [1.807, 2.05) is 0 Å². The lowest BCUT2D eigenvalue weighted by Crippen LogP contribution is -2.46. The van der Waals surface area contributed by atoms with Crippen molar-refractivity contribution in [3.05, 3.63) is 0 Å². The van der Waals surface area contributed by atoms with Crippen molar-refractivity contribution < 1.29 is 38.2 Å². The van der Waals surface area contributed by atoms with Gasteiger partial charge in [0.2, 0.25) is 11.8 Å². The van der Waals surface area contributed by atoms with Gasteiger partial charge < -0.3 is 20.6 Å². The van der Waals surface area contributed by atoms with Gasteiger partial charge in [-0.3, -0.25) is 14.1 Å². The third kappa shape index (κ3) is 12.1. The number of aliphatic hydroxyl groups excluding tert-OH is 1. The molecule has 0 heterocycles. The second-order valence-electron chi connectivity index (χ2n) is 8.08. The van der Waals surface area contributed by atoms with Gasteiger partial charge in [0.25, 0.3) is 0 Å². The Morgan fingerprint density at radius 1 is 1.11 bits per heavy atom. The summed E-state index contributed by atoms with van der Waals surface area (Å²) < 4.78 is 20.2. The molecule has 0 aromatic rings. The second kappa shape index (κ2) is 11.1. The Balaban J connectivity index is 4.28. The van der Waals surface area contributed by atoms with Gasteiger partial charge in [-0.1, -0.05) is 34.6 Å². The smallest absolute Gasteiger partial charge is 0.383 e. The van der Waals surface area contributed by atoms with Gasteiger partial charge in [-0.25, -0.2) is 9.45 Å². The second-order valence-corrected chi connectivity index (χ2v) is 9.42. The maximum atomic E-state index is 12.0. The monoisotopic (exact) mass is 412 g/mol. The Kier molecular flexibility index (Phi) is 10.7. The topological polar surface area (TPSA) is 143 Å². The van der Waals surface area contributed by atoms with Crippen LogP contribution in [0.5, 0.6) is 0 Å². The van der Waals surface area contributed by atoms with Gasteiger partial charge in [0.05, 0.1) is 13.7 Å². The fourth-order valence-corrected chi connectivity index (χ4v) is 2.59. The van der Waals surface area contributed by atoms with E-state index in [-0.39, 0.29) is 24.3 Å². The van der Waals surface area contributed by atoms with Crippen LogP contribution in [-0.4, -0.2) is 54.7 Å². The highest BCUT2D eigenvalue weighted by Crippen LogP contribution is 2.45. The summed E-state index contributed by atoms with van der Waals surface area (Å²) in [6, 6.07) is 0. The maximum absolute atomic E-state index is 12.0. The van der Waals surface area contributed by atoms with Crippen molar-refractivity contribution in [3.63, 3.8) is 0 Å². The largest absolute Gasteiger partial charge is 0.499 e. The summed E-state index contributed by atoms with van der Waals surface area (Å²) in [6.45, 7) is 9.34. The van der Waals surface area contributed by atoms with Crippen molar-refractivity contribution in [1.82, 2.24) is 10.6 Å². The lowest BCUT2D eigenvalue weighted by atomic mass is 9.87. The predicted octanol–water partition coefficient (Wildman–Crippen LogP) is 1.13. The third-order valence-corrected chi connectivity index (χ3v) is 4.40. The molecule has 0 aliphatic rings. The summed E-state index contributed by atoms with van der Waals surface area (Å²) in [4.78, 5) is 37.1. The molecule has 0 radical (unpaired) electrons. The molecule has 0 aliphatic heterocycles. The number of amides is 2. The molecular formula is C16H33N2O8P. The van der Waals surface area contributed by atoms with Gasteiger partial charge >= 0.3 is 7.82 Å². The molecular weight excluding hydrogens is 379 g/mol. The van der Waals surface area contributed by atoms with Crippen LogP contribution in [0, 0.1) is 10.8 Å². The zero-order valence-corrected chi connectivity index (χ0v) is 17.8. The zero-order chi connectivity index (χ0) is 21.3. The van der Waals surface area contributed by atoms with E-state index in [0.29, 0.717) is 6.54 Å². The number of rotatable bonds is 12. The molecule has 0 aromatic heterocycles. The van der Waals surface area contributed by atoms with E-state index in [1.165, 1.54) is 13.8 Å². The van der Waals surface area contributed by atoms with Crippen molar-refractivity contribution in [2.75, 3.05) is 26.8 Å². The van der Waals surface area contributed by atoms with Gasteiger partial charge in [0, 0.05) is 24.9 Å². The molecule has 10 nitrogen and oxygen atoms in total. The summed E-state index contributed by atoms with van der Waals surface area (Å²) in [5, 5.41) is 15.4. The number of carbonyl (C=O) groups is 2. The van der Waals surface area contributed by atoms with Gasteiger partial charge in [-0.2, -0.15) is 0 Å². The van der Waals surface area contributed by atoms with Crippen LogP contribution in [0.2, 0.25) is 0 Å². The van der Waals surface area contributed by atoms with Gasteiger partial charge in [-0.15, -0.1) is 4.67 Å². The number of aliphatic hydroxyl groups is 1. The Labute approximate surface area is 160 Å². The highest BCUT2D eigenvalue weighted by molar-refractivity contribution is 7.47. The van der Waals surface area contributed by atoms with Gasteiger partial charge in [0.15, 0.2) is 0 Å². The first kappa shape index (κ1) is 26.0. The Hall–Kier alpha value is -1.03. The van der Waals surface area contributed by atoms with Gasteiger partial charge in [-0.05, 0) is 11.8 Å². The lowest BCUT2D eigenvalue weighted by molar-refractivity contribution is -0.200. The van der Waals surface area contributed by atoms with E-state index in [9.17, 15) is 24.2 Å². The van der Waals surface area contributed by atoms with Crippen LogP contribution in [0.15, 0.2) is 0 Å². The first-order chi connectivity index (χ1) is 12.2. The molecule has 160 valence electrons. The van der Waals surface area contributed by atoms with Crippen LogP contribution < -0.4 is 10.6 Å². The van der Waals surface area contributed by atoms with Crippen molar-refractivity contribution >= 4 is 19.6 Å². The van der Waals surface area contributed by atoms with Crippen LogP contribution in [0.1, 0.15) is 47.5 Å². The summed E-state index contributed by atoms with van der Waals surface area (Å²) in [5.41, 5.74) is -1.07. The predicted molar refractivity (Wildman–Crippen MR) is 98.4 cm³/mol. The highest BCUT2D eigenvalue weighted by Gasteiger charge is 2.37. The molecule has 2 amide bonds. The van der Waals surface area contributed by atoms with E-state index >= 15 is 0 Å². The van der Waals surface area contributed by atoms with Crippen molar-refractivity contribution in [3.8, 4) is 0 Å². The first-order valence-electron chi connectivity index (χ1n) is 8.62. The molecule has 1 unspecified atom stereocenters. The molecule has 4 N–H and O–H groups in total. The highest BCUT2D eigenvalue weighted by atomic mass is 31.2. The summed E-state index contributed by atoms with van der Waals surface area (Å²) in [7, 11) is -3.39. The Morgan fingerprint density at radius 3 is 2.22 bits per heavy atom. The normalized spacial score (nSPS) is 15.7. The number of phosphoric acid groups is 1. The van der Waals surface area contributed by atoms with E-state index in [0.717, 1.165) is 13.5 Å². The Morgan fingerprint density at radius 2 is 1.70 bits per heavy atom. The van der Waals surface area contributed by atoms with Crippen LogP contribution in [0.4, 0.5) is 0 Å². The van der Waals surface area contributed by atoms with Crippen molar-refractivity contribution in [2.24, 2.45) is 10.8 Å². The minimum absolute atomic E-state index is 0.0550.